The minimum Gasteiger partial charge on any atom is -0.484 e. The third-order valence-corrected chi connectivity index (χ3v) is 16.1. The van der Waals surface area contributed by atoms with Gasteiger partial charge in [0.25, 0.3) is 15.9 Å². The third kappa shape index (κ3) is 10.3. The molecule has 3 fully saturated rings. The molecule has 2 saturated heterocycles. The largest absolute Gasteiger partial charge is 0.484 e. The number of anilines is 3. The minimum absolute atomic E-state index is 0.00673. The molecule has 10 rings (SSSR count). The van der Waals surface area contributed by atoms with Crippen molar-refractivity contribution in [3.05, 3.63) is 111 Å². The standard InChI is InChI=1S/C51H59ClN8O8S/c1-51(2)17-15-36(43(32-51)34-3-5-37(52)6-4-34)33-56-19-21-57(22-20-56)39-9-13-42(44(30-39)59-25-28-67-50-46(59)29-35-16-18-53-48(35)54-50)49(61)55-69(64,65)41-12-14-47(45(31-41)60(62)63)68-40-10-7-38(8-11-40)58-23-26-66-27-24-58/h3-6,9,12-14,16,18,29-31,38,40H,7-8,10-11,15,17,19-28,32-33H2,1-2H3,(H,53,54)(H,55,61). The number of aromatic amines is 1. The second-order valence-corrected chi connectivity index (χ2v) is 21.8. The molecule has 3 aromatic carbocycles. The summed E-state index contributed by atoms with van der Waals surface area (Å²) in [7, 11) is -4.60. The van der Waals surface area contributed by atoms with Crippen LogP contribution in [-0.4, -0.2) is 123 Å². The number of amides is 1. The monoisotopic (exact) mass is 978 g/mol. The van der Waals surface area contributed by atoms with Gasteiger partial charge in [0.05, 0.1) is 46.9 Å². The van der Waals surface area contributed by atoms with Crippen LogP contribution in [0.15, 0.2) is 89.5 Å². The van der Waals surface area contributed by atoms with Crippen LogP contribution < -0.4 is 24.0 Å². The second-order valence-electron chi connectivity index (χ2n) is 19.6. The number of nitro benzene ring substituents is 1. The number of halogens is 1. The first-order valence-corrected chi connectivity index (χ1v) is 25.9. The van der Waals surface area contributed by atoms with E-state index in [1.165, 1.54) is 28.8 Å². The number of allylic oxidation sites excluding steroid dienone is 1. The zero-order valence-corrected chi connectivity index (χ0v) is 40.7. The number of aromatic nitrogens is 2. The van der Waals surface area contributed by atoms with Crippen LogP contribution in [-0.2, 0) is 14.8 Å². The van der Waals surface area contributed by atoms with E-state index in [0.717, 1.165) is 113 Å². The van der Waals surface area contributed by atoms with E-state index in [1.807, 2.05) is 41.3 Å². The number of hydrogen-bond donors (Lipinski definition) is 2. The number of carbonyl (C=O) groups is 1. The first kappa shape index (κ1) is 47.0. The van der Waals surface area contributed by atoms with Gasteiger partial charge in [-0.05, 0) is 116 Å². The molecule has 5 aliphatic rings. The average Bonchev–Trinajstić information content (AvgIpc) is 3.82. The number of sulfonamides is 1. The first-order chi connectivity index (χ1) is 33.3. The molecule has 1 saturated carbocycles. The van der Waals surface area contributed by atoms with Gasteiger partial charge in [0.1, 0.15) is 17.9 Å². The van der Waals surface area contributed by atoms with Gasteiger partial charge in [-0.25, -0.2) is 13.1 Å². The van der Waals surface area contributed by atoms with Crippen molar-refractivity contribution in [2.24, 2.45) is 5.41 Å². The van der Waals surface area contributed by atoms with E-state index in [-0.39, 0.29) is 29.4 Å². The molecule has 69 heavy (non-hydrogen) atoms. The van der Waals surface area contributed by atoms with E-state index >= 15 is 0 Å². The Morgan fingerprint density at radius 1 is 0.928 bits per heavy atom. The highest BCUT2D eigenvalue weighted by Gasteiger charge is 2.34. The molecular weight excluding hydrogens is 920 g/mol. The summed E-state index contributed by atoms with van der Waals surface area (Å²) in [6, 6.07) is 21.4. The predicted molar refractivity (Wildman–Crippen MR) is 267 cm³/mol. The summed E-state index contributed by atoms with van der Waals surface area (Å²) in [4.78, 5) is 42.7. The number of rotatable bonds is 12. The smallest absolute Gasteiger partial charge is 0.312 e. The summed E-state index contributed by atoms with van der Waals surface area (Å²) in [5.41, 5.74) is 6.61. The maximum atomic E-state index is 14.4. The van der Waals surface area contributed by atoms with Crippen LogP contribution in [0.4, 0.5) is 22.7 Å². The fourth-order valence-corrected chi connectivity index (χ4v) is 11.8. The number of fused-ring (bicyclic) bond motifs is 2. The molecule has 0 spiro atoms. The van der Waals surface area contributed by atoms with Crippen molar-refractivity contribution in [3.8, 4) is 11.6 Å². The zero-order valence-electron chi connectivity index (χ0n) is 39.1. The fraction of sp³-hybridized carbons (Fsp3) is 0.451. The van der Waals surface area contributed by atoms with Gasteiger partial charge in [-0.2, -0.15) is 4.98 Å². The number of nitrogens with zero attached hydrogens (tertiary/aromatic N) is 6. The molecule has 0 bridgehead atoms. The van der Waals surface area contributed by atoms with Crippen LogP contribution in [0.1, 0.15) is 74.7 Å². The van der Waals surface area contributed by atoms with Gasteiger partial charge in [-0.15, -0.1) is 0 Å². The van der Waals surface area contributed by atoms with Crippen LogP contribution in [0.5, 0.6) is 11.6 Å². The summed E-state index contributed by atoms with van der Waals surface area (Å²) >= 11 is 6.28. The lowest BCUT2D eigenvalue weighted by Gasteiger charge is -2.39. The maximum Gasteiger partial charge on any atom is 0.312 e. The second kappa shape index (κ2) is 19.6. The van der Waals surface area contributed by atoms with Crippen molar-refractivity contribution in [1.82, 2.24) is 24.5 Å². The number of piperazine rings is 1. The molecule has 18 heteroatoms. The molecule has 0 atom stereocenters. The number of carbonyl (C=O) groups excluding carboxylic acids is 1. The van der Waals surface area contributed by atoms with Crippen molar-refractivity contribution < 1.29 is 32.3 Å². The summed E-state index contributed by atoms with van der Waals surface area (Å²) in [6.07, 6.45) is 7.97. The molecule has 3 aliphatic heterocycles. The van der Waals surface area contributed by atoms with E-state index < -0.39 is 31.4 Å². The lowest BCUT2D eigenvalue weighted by molar-refractivity contribution is -0.386. The van der Waals surface area contributed by atoms with Crippen LogP contribution >= 0.6 is 11.6 Å². The van der Waals surface area contributed by atoms with E-state index in [0.29, 0.717) is 48.7 Å². The third-order valence-electron chi connectivity index (χ3n) is 14.5. The van der Waals surface area contributed by atoms with Crippen LogP contribution in [0.25, 0.3) is 16.6 Å². The molecule has 0 radical (unpaired) electrons. The predicted octanol–water partition coefficient (Wildman–Crippen LogP) is 8.58. The number of nitro groups is 1. The highest BCUT2D eigenvalue weighted by atomic mass is 35.5. The van der Waals surface area contributed by atoms with Crippen LogP contribution in [0.2, 0.25) is 5.02 Å². The lowest BCUT2D eigenvalue weighted by atomic mass is 9.72. The maximum absolute atomic E-state index is 14.4. The molecule has 2 aliphatic carbocycles. The van der Waals surface area contributed by atoms with E-state index in [9.17, 15) is 23.3 Å². The molecule has 364 valence electrons. The Bertz CT molecular complexity index is 2870. The molecule has 0 unspecified atom stereocenters. The highest BCUT2D eigenvalue weighted by Crippen LogP contribution is 2.44. The molecule has 2 N–H and O–H groups in total. The van der Waals surface area contributed by atoms with Crippen molar-refractivity contribution >= 4 is 66.9 Å². The molecular formula is C51H59ClN8O8S. The zero-order chi connectivity index (χ0) is 47.9. The Kier molecular flexibility index (Phi) is 13.3. The van der Waals surface area contributed by atoms with Gasteiger partial charge >= 0.3 is 5.69 Å². The van der Waals surface area contributed by atoms with E-state index in [1.54, 1.807) is 12.3 Å². The first-order valence-electron chi connectivity index (χ1n) is 24.1. The fourth-order valence-electron chi connectivity index (χ4n) is 10.7. The topological polar surface area (TPSA) is 176 Å². The molecule has 5 aromatic rings. The Balaban J connectivity index is 0.883. The van der Waals surface area contributed by atoms with Gasteiger partial charge in [-0.1, -0.05) is 43.2 Å². The number of ether oxygens (including phenoxy) is 3. The normalized spacial score (nSPS) is 21.4. The van der Waals surface area contributed by atoms with Crippen molar-refractivity contribution in [2.45, 2.75) is 75.8 Å². The number of H-pyrrole nitrogens is 1. The molecule has 16 nitrogen and oxygen atoms in total. The number of morpholine rings is 1. The Hall–Kier alpha value is -5.72. The summed E-state index contributed by atoms with van der Waals surface area (Å²) < 4.78 is 48.0. The van der Waals surface area contributed by atoms with E-state index in [2.05, 4.69) is 50.4 Å². The van der Waals surface area contributed by atoms with Crippen molar-refractivity contribution in [3.63, 3.8) is 0 Å². The Labute approximate surface area is 407 Å². The van der Waals surface area contributed by atoms with Gasteiger partial charge < -0.3 is 29.0 Å². The Morgan fingerprint density at radius 2 is 1.70 bits per heavy atom. The summed E-state index contributed by atoms with van der Waals surface area (Å²) in [5, 5.41) is 14.0. The number of hydrogen-bond acceptors (Lipinski definition) is 13. The average molecular weight is 980 g/mol. The summed E-state index contributed by atoms with van der Waals surface area (Å²) in [5.74, 6) is -0.509. The van der Waals surface area contributed by atoms with Crippen molar-refractivity contribution in [1.29, 1.82) is 0 Å². The van der Waals surface area contributed by atoms with Crippen LogP contribution in [0.3, 0.4) is 0 Å². The van der Waals surface area contributed by atoms with Gasteiger partial charge in [0.2, 0.25) is 5.88 Å². The Morgan fingerprint density at radius 3 is 2.45 bits per heavy atom. The van der Waals surface area contributed by atoms with Crippen molar-refractivity contribution in [2.75, 3.05) is 82.0 Å². The number of pyridine rings is 1. The SMILES string of the molecule is CC1(C)CCC(CN2CCN(c3ccc(C(=O)NS(=O)(=O)c4ccc(OC5CCC(N6CCOCC6)CC5)c([N+](=O)[O-])c4)c(N4CCOc5nc6[nH]ccc6cc54)c3)CC2)=C(c2ccc(Cl)cc2)C1. The quantitative estimate of drug-likeness (QED) is 0.0899. The molecule has 5 heterocycles. The summed E-state index contributed by atoms with van der Waals surface area (Å²) in [6.45, 7) is 12.6. The number of nitrogens with one attached hydrogen (secondary N) is 2. The van der Waals surface area contributed by atoms with E-state index in [4.69, 9.17) is 30.8 Å². The van der Waals surface area contributed by atoms with Crippen LogP contribution in [0, 0.1) is 15.5 Å². The lowest BCUT2D eigenvalue weighted by Crippen LogP contribution is -2.47. The van der Waals surface area contributed by atoms with Gasteiger partial charge in [0, 0.05) is 80.2 Å². The minimum atomic E-state index is -4.60. The van der Waals surface area contributed by atoms with Gasteiger partial charge in [0.15, 0.2) is 5.75 Å². The van der Waals surface area contributed by atoms with Gasteiger partial charge in [-0.3, -0.25) is 24.7 Å². The highest BCUT2D eigenvalue weighted by molar-refractivity contribution is 7.90. The molecule has 1 amide bonds. The number of benzene rings is 3. The molecule has 2 aromatic heterocycles.